The summed E-state index contributed by atoms with van der Waals surface area (Å²) in [5.41, 5.74) is 7.35. The average molecular weight is 608 g/mol. The number of likely N-dealkylation sites (N-methyl/N-ethyl adjacent to an activating group) is 1. The van der Waals surface area contributed by atoms with E-state index in [1.807, 2.05) is 51.2 Å². The number of nitriles is 1. The highest BCUT2D eigenvalue weighted by molar-refractivity contribution is 5.98. The number of hydrogen-bond acceptors (Lipinski definition) is 8. The molecule has 0 bridgehead atoms. The monoisotopic (exact) mass is 607 g/mol. The van der Waals surface area contributed by atoms with Crippen LogP contribution in [0.3, 0.4) is 0 Å². The second-order valence-corrected chi connectivity index (χ2v) is 12.1. The number of ether oxygens (including phenoxy) is 2. The molecular formula is C34H37N7O4. The summed E-state index contributed by atoms with van der Waals surface area (Å²) < 4.78 is 14.5. The van der Waals surface area contributed by atoms with Crippen LogP contribution in [-0.4, -0.2) is 74.3 Å². The molecule has 2 fully saturated rings. The molecule has 6 rings (SSSR count). The lowest BCUT2D eigenvalue weighted by Crippen LogP contribution is -2.55. The van der Waals surface area contributed by atoms with E-state index in [-0.39, 0.29) is 41.6 Å². The summed E-state index contributed by atoms with van der Waals surface area (Å²) in [6, 6.07) is 20.5. The summed E-state index contributed by atoms with van der Waals surface area (Å²) in [5.74, 6) is 1.24. The molecule has 0 unspecified atom stereocenters. The zero-order valence-electron chi connectivity index (χ0n) is 25.7. The highest BCUT2D eigenvalue weighted by Gasteiger charge is 2.36. The van der Waals surface area contributed by atoms with Gasteiger partial charge < -0.3 is 20.1 Å². The van der Waals surface area contributed by atoms with Crippen LogP contribution >= 0.6 is 0 Å². The second-order valence-electron chi connectivity index (χ2n) is 12.1. The third-order valence-corrected chi connectivity index (χ3v) is 8.90. The molecule has 2 saturated heterocycles. The molecule has 4 aromatic rings. The molecule has 0 saturated carbocycles. The van der Waals surface area contributed by atoms with Crippen molar-refractivity contribution in [3.63, 3.8) is 0 Å². The fourth-order valence-electron chi connectivity index (χ4n) is 6.10. The predicted octanol–water partition coefficient (Wildman–Crippen LogP) is 4.11. The van der Waals surface area contributed by atoms with Crippen molar-refractivity contribution in [3.8, 4) is 23.3 Å². The molecule has 2 aromatic heterocycles. The molecule has 0 aliphatic carbocycles. The number of nitrogen functional groups attached to an aromatic ring is 1. The molecule has 11 heteroatoms. The largest absolute Gasteiger partial charge is 0.457 e. The first kappa shape index (κ1) is 30.1. The SMILES string of the molecule is CN(C1COC1)C(C)(C)C=C(C#N)C(=O)N1CCC[C@H]1Cn1c(=O)n(-c2ccc(Oc3ccccc3)cc2)c2c(N)nccc21. The number of nitrogens with two attached hydrogens (primary N) is 1. The first-order valence-electron chi connectivity index (χ1n) is 15.1. The molecule has 45 heavy (non-hydrogen) atoms. The van der Waals surface area contributed by atoms with Crippen molar-refractivity contribution < 1.29 is 14.3 Å². The number of likely N-dealkylation sites (tertiary alicyclic amines) is 1. The lowest BCUT2D eigenvalue weighted by Gasteiger charge is -2.43. The minimum Gasteiger partial charge on any atom is -0.457 e. The minimum atomic E-state index is -0.527. The van der Waals surface area contributed by atoms with Gasteiger partial charge in [0.15, 0.2) is 0 Å². The Morgan fingerprint density at radius 2 is 1.87 bits per heavy atom. The van der Waals surface area contributed by atoms with Crippen LogP contribution < -0.4 is 16.2 Å². The van der Waals surface area contributed by atoms with Gasteiger partial charge in [-0.1, -0.05) is 18.2 Å². The van der Waals surface area contributed by atoms with Gasteiger partial charge >= 0.3 is 5.69 Å². The molecule has 1 amide bonds. The Morgan fingerprint density at radius 1 is 1.16 bits per heavy atom. The van der Waals surface area contributed by atoms with E-state index in [0.29, 0.717) is 54.4 Å². The van der Waals surface area contributed by atoms with E-state index in [2.05, 4.69) is 16.0 Å². The Balaban J connectivity index is 1.29. The zero-order valence-corrected chi connectivity index (χ0v) is 25.7. The van der Waals surface area contributed by atoms with Crippen molar-refractivity contribution in [2.24, 2.45) is 0 Å². The Labute approximate surface area is 261 Å². The van der Waals surface area contributed by atoms with E-state index >= 15 is 0 Å². The van der Waals surface area contributed by atoms with Crippen LogP contribution in [-0.2, 0) is 16.1 Å². The van der Waals surface area contributed by atoms with Gasteiger partial charge in [0.05, 0.1) is 36.5 Å². The van der Waals surface area contributed by atoms with Crippen molar-refractivity contribution in [1.82, 2.24) is 23.9 Å². The van der Waals surface area contributed by atoms with Crippen LogP contribution in [0.25, 0.3) is 16.7 Å². The molecule has 0 radical (unpaired) electrons. The van der Waals surface area contributed by atoms with Crippen molar-refractivity contribution in [2.45, 2.75) is 50.9 Å². The Hall–Kier alpha value is -4.92. The number of imidazole rings is 1. The van der Waals surface area contributed by atoms with Gasteiger partial charge in [-0.3, -0.25) is 18.8 Å². The Morgan fingerprint density at radius 3 is 2.53 bits per heavy atom. The van der Waals surface area contributed by atoms with Crippen LogP contribution in [0.4, 0.5) is 5.82 Å². The standard InChI is InChI=1S/C34H37N7O4/c1-34(2,38(3)26-21-44-22-26)18-23(19-35)32(42)39-17-7-8-25(39)20-40-29-15-16-37-31(36)30(29)41(33(40)43)24-11-13-28(14-12-24)45-27-9-5-4-6-10-27/h4-6,9-16,18,25-26H,7-8,17,20-22H2,1-3H3,(H2,36,37)/t25-/m0/s1. The third-order valence-electron chi connectivity index (χ3n) is 8.90. The number of carbonyl (C=O) groups is 1. The highest BCUT2D eigenvalue weighted by atomic mass is 16.5. The molecule has 2 aliphatic rings. The maximum atomic E-state index is 14.1. The lowest BCUT2D eigenvalue weighted by molar-refractivity contribution is -0.127. The predicted molar refractivity (Wildman–Crippen MR) is 171 cm³/mol. The molecule has 4 heterocycles. The van der Waals surface area contributed by atoms with E-state index in [1.54, 1.807) is 56.6 Å². The van der Waals surface area contributed by atoms with Gasteiger partial charge in [0, 0.05) is 24.8 Å². The van der Waals surface area contributed by atoms with Crippen molar-refractivity contribution >= 4 is 22.8 Å². The number of nitrogens with zero attached hydrogens (tertiary/aromatic N) is 6. The quantitative estimate of drug-likeness (QED) is 0.222. The van der Waals surface area contributed by atoms with Gasteiger partial charge in [0.1, 0.15) is 34.5 Å². The van der Waals surface area contributed by atoms with Gasteiger partial charge in [-0.25, -0.2) is 9.78 Å². The topological polar surface area (TPSA) is 132 Å². The Kier molecular flexibility index (Phi) is 8.18. The number of pyridine rings is 1. The summed E-state index contributed by atoms with van der Waals surface area (Å²) in [6.45, 7) is 6.01. The van der Waals surface area contributed by atoms with E-state index < -0.39 is 5.54 Å². The first-order valence-corrected chi connectivity index (χ1v) is 15.1. The van der Waals surface area contributed by atoms with Crippen molar-refractivity contribution in [1.29, 1.82) is 5.26 Å². The van der Waals surface area contributed by atoms with Gasteiger partial charge in [-0.15, -0.1) is 0 Å². The maximum absolute atomic E-state index is 14.1. The minimum absolute atomic E-state index is 0.0972. The molecule has 232 valence electrons. The first-order chi connectivity index (χ1) is 21.7. The van der Waals surface area contributed by atoms with Crippen molar-refractivity contribution in [2.75, 3.05) is 32.5 Å². The number of amides is 1. The van der Waals surface area contributed by atoms with E-state index in [1.165, 1.54) is 0 Å². The fraction of sp³-hybridized carbons (Fsp3) is 0.353. The molecule has 11 nitrogen and oxygen atoms in total. The van der Waals surface area contributed by atoms with E-state index in [0.717, 1.165) is 6.42 Å². The smallest absolute Gasteiger partial charge is 0.333 e. The number of hydrogen-bond donors (Lipinski definition) is 1. The van der Waals surface area contributed by atoms with Crippen LogP contribution in [0.2, 0.25) is 0 Å². The molecule has 1 atom stereocenters. The number of benzene rings is 2. The van der Waals surface area contributed by atoms with Crippen molar-refractivity contribution in [3.05, 3.63) is 89.0 Å². The van der Waals surface area contributed by atoms with Crippen LogP contribution in [0.5, 0.6) is 11.5 Å². The van der Waals surface area contributed by atoms with Crippen LogP contribution in [0.15, 0.2) is 83.3 Å². The maximum Gasteiger partial charge on any atom is 0.333 e. The number of anilines is 1. The summed E-state index contributed by atoms with van der Waals surface area (Å²) in [6.07, 6.45) is 4.81. The number of carbonyl (C=O) groups excluding carboxylic acids is 1. The second kappa shape index (κ2) is 12.2. The summed E-state index contributed by atoms with van der Waals surface area (Å²) in [7, 11) is 1.98. The molecule has 0 spiro atoms. The number of fused-ring (bicyclic) bond motifs is 1. The molecule has 2 aromatic carbocycles. The summed E-state index contributed by atoms with van der Waals surface area (Å²) in [5, 5.41) is 10.0. The lowest BCUT2D eigenvalue weighted by atomic mass is 9.96. The average Bonchev–Trinajstić information content (AvgIpc) is 3.59. The van der Waals surface area contributed by atoms with E-state index in [4.69, 9.17) is 15.2 Å². The number of para-hydroxylation sites is 1. The van der Waals surface area contributed by atoms with E-state index in [9.17, 15) is 14.9 Å². The van der Waals surface area contributed by atoms with Gasteiger partial charge in [-0.2, -0.15) is 5.26 Å². The van der Waals surface area contributed by atoms with Gasteiger partial charge in [0.25, 0.3) is 5.91 Å². The van der Waals surface area contributed by atoms with Gasteiger partial charge in [0.2, 0.25) is 0 Å². The van der Waals surface area contributed by atoms with Crippen LogP contribution in [0, 0.1) is 11.3 Å². The Bertz CT molecular complexity index is 1830. The van der Waals surface area contributed by atoms with Gasteiger partial charge in [-0.05, 0) is 82.3 Å². The number of rotatable bonds is 9. The fourth-order valence-corrected chi connectivity index (χ4v) is 6.10. The molecule has 2 aliphatic heterocycles. The van der Waals surface area contributed by atoms with Crippen LogP contribution in [0.1, 0.15) is 26.7 Å². The molecular weight excluding hydrogens is 570 g/mol. The highest BCUT2D eigenvalue weighted by Crippen LogP contribution is 2.29. The third kappa shape index (κ3) is 5.82. The summed E-state index contributed by atoms with van der Waals surface area (Å²) >= 11 is 0. The number of aromatic nitrogens is 3. The summed E-state index contributed by atoms with van der Waals surface area (Å²) in [4.78, 5) is 36.0. The molecule has 2 N–H and O–H groups in total. The normalized spacial score (nSPS) is 17.4. The zero-order chi connectivity index (χ0) is 31.7.